The summed E-state index contributed by atoms with van der Waals surface area (Å²) >= 11 is 2.99. The van der Waals surface area contributed by atoms with Crippen LogP contribution in [0.2, 0.25) is 0 Å². The second-order valence-corrected chi connectivity index (χ2v) is 9.91. The van der Waals surface area contributed by atoms with Gasteiger partial charge in [-0.05, 0) is 30.7 Å². The smallest absolute Gasteiger partial charge is 0.230 e. The first-order valence-corrected chi connectivity index (χ1v) is 11.6. The summed E-state index contributed by atoms with van der Waals surface area (Å²) < 4.78 is 25.9. The summed E-state index contributed by atoms with van der Waals surface area (Å²) in [5.41, 5.74) is 0.853. The van der Waals surface area contributed by atoms with Crippen LogP contribution < -0.4 is 5.32 Å². The van der Waals surface area contributed by atoms with Gasteiger partial charge in [-0.3, -0.25) is 4.79 Å². The molecule has 1 saturated heterocycles. The number of rotatable bonds is 6. The fraction of sp³-hybridized carbons (Fsp3) is 0.500. The maximum Gasteiger partial charge on any atom is 0.230 e. The molecule has 1 unspecified atom stereocenters. The van der Waals surface area contributed by atoms with Gasteiger partial charge in [0.25, 0.3) is 0 Å². The van der Waals surface area contributed by atoms with Gasteiger partial charge in [-0.1, -0.05) is 13.0 Å². The third-order valence-corrected chi connectivity index (χ3v) is 7.81. The molecule has 6 nitrogen and oxygen atoms in total. The lowest BCUT2D eigenvalue weighted by Gasteiger charge is -2.30. The summed E-state index contributed by atoms with van der Waals surface area (Å²) in [5.74, 6) is -0.337. The first kappa shape index (κ1) is 18.5. The third kappa shape index (κ3) is 4.46. The molecular weight excluding hydrogens is 378 g/mol. The van der Waals surface area contributed by atoms with Gasteiger partial charge in [-0.15, -0.1) is 22.7 Å². The Morgan fingerprint density at radius 2 is 2.28 bits per heavy atom. The molecule has 0 spiro atoms. The molecule has 2 aromatic heterocycles. The van der Waals surface area contributed by atoms with E-state index in [1.807, 2.05) is 29.8 Å². The van der Waals surface area contributed by atoms with Gasteiger partial charge in [-0.25, -0.2) is 17.7 Å². The largest absolute Gasteiger partial charge is 0.302 e. The SMILES string of the molecule is CCCS(=O)(=O)N1CCCC(C(=O)Nc2nc(-c3cccs3)cs2)C1. The number of nitrogens with zero attached hydrogens (tertiary/aromatic N) is 2. The fourth-order valence-corrected chi connectivity index (χ4v) is 5.93. The van der Waals surface area contributed by atoms with Crippen molar-refractivity contribution in [3.8, 4) is 10.6 Å². The van der Waals surface area contributed by atoms with Crippen molar-refractivity contribution in [2.45, 2.75) is 26.2 Å². The molecule has 3 rings (SSSR count). The lowest BCUT2D eigenvalue weighted by atomic mass is 9.99. The molecule has 1 aliphatic rings. The highest BCUT2D eigenvalue weighted by atomic mass is 32.2. The van der Waals surface area contributed by atoms with Crippen molar-refractivity contribution in [3.05, 3.63) is 22.9 Å². The minimum atomic E-state index is -3.26. The first-order valence-electron chi connectivity index (χ1n) is 8.27. The van der Waals surface area contributed by atoms with Crippen LogP contribution in [0.1, 0.15) is 26.2 Å². The Morgan fingerprint density at radius 1 is 1.44 bits per heavy atom. The molecule has 136 valence electrons. The van der Waals surface area contributed by atoms with Crippen LogP contribution in [0, 0.1) is 5.92 Å². The van der Waals surface area contributed by atoms with E-state index in [0.717, 1.165) is 10.6 Å². The van der Waals surface area contributed by atoms with Crippen molar-refractivity contribution in [2.75, 3.05) is 24.2 Å². The van der Waals surface area contributed by atoms with Gasteiger partial charge in [0.15, 0.2) is 5.13 Å². The van der Waals surface area contributed by atoms with Gasteiger partial charge in [0.05, 0.1) is 22.2 Å². The Bertz CT molecular complexity index is 815. The number of thiophene rings is 1. The zero-order valence-corrected chi connectivity index (χ0v) is 16.4. The maximum absolute atomic E-state index is 12.5. The summed E-state index contributed by atoms with van der Waals surface area (Å²) in [4.78, 5) is 18.0. The lowest BCUT2D eigenvalue weighted by Crippen LogP contribution is -2.44. The van der Waals surface area contributed by atoms with Crippen LogP contribution >= 0.6 is 22.7 Å². The Labute approximate surface area is 155 Å². The zero-order valence-electron chi connectivity index (χ0n) is 14.0. The van der Waals surface area contributed by atoms with Crippen molar-refractivity contribution in [3.63, 3.8) is 0 Å². The number of hydrogen-bond acceptors (Lipinski definition) is 6. The van der Waals surface area contributed by atoms with Crippen LogP contribution in [-0.2, 0) is 14.8 Å². The quantitative estimate of drug-likeness (QED) is 0.808. The highest BCUT2D eigenvalue weighted by Gasteiger charge is 2.32. The molecule has 0 aliphatic carbocycles. The van der Waals surface area contributed by atoms with E-state index in [9.17, 15) is 13.2 Å². The standard InChI is InChI=1S/C16H21N3O3S3/c1-2-9-25(21,22)19-7-3-5-12(10-19)15(20)18-16-17-13(11-24-16)14-6-4-8-23-14/h4,6,8,11-12H,2-3,5,7,9-10H2,1H3,(H,17,18,20). The van der Waals surface area contributed by atoms with Gasteiger partial charge in [-0.2, -0.15) is 0 Å². The predicted molar refractivity (Wildman–Crippen MR) is 102 cm³/mol. The van der Waals surface area contributed by atoms with Gasteiger partial charge in [0, 0.05) is 18.5 Å². The monoisotopic (exact) mass is 399 g/mol. The summed E-state index contributed by atoms with van der Waals surface area (Å²) in [6.07, 6.45) is 1.99. The van der Waals surface area contributed by atoms with E-state index in [4.69, 9.17) is 0 Å². The molecule has 1 amide bonds. The molecule has 2 aromatic rings. The summed E-state index contributed by atoms with van der Waals surface area (Å²) in [7, 11) is -3.26. The van der Waals surface area contributed by atoms with Crippen LogP contribution in [0.5, 0.6) is 0 Å². The molecule has 25 heavy (non-hydrogen) atoms. The molecule has 3 heterocycles. The van der Waals surface area contributed by atoms with Gasteiger partial charge in [0.1, 0.15) is 0 Å². The van der Waals surface area contributed by atoms with Crippen LogP contribution in [0.15, 0.2) is 22.9 Å². The molecule has 9 heteroatoms. The molecule has 1 fully saturated rings. The van der Waals surface area contributed by atoms with Crippen molar-refractivity contribution < 1.29 is 13.2 Å². The minimum absolute atomic E-state index is 0.137. The van der Waals surface area contributed by atoms with E-state index in [1.54, 1.807) is 11.3 Å². The Morgan fingerprint density at radius 3 is 3.00 bits per heavy atom. The number of hydrogen-bond donors (Lipinski definition) is 1. The molecule has 0 saturated carbocycles. The molecule has 0 radical (unpaired) electrons. The Hall–Kier alpha value is -1.29. The van der Waals surface area contributed by atoms with E-state index < -0.39 is 10.0 Å². The molecule has 1 N–H and O–H groups in total. The molecule has 1 atom stereocenters. The number of carbonyl (C=O) groups is 1. The number of carbonyl (C=O) groups excluding carboxylic acids is 1. The summed E-state index contributed by atoms with van der Waals surface area (Å²) in [6, 6.07) is 3.95. The van der Waals surface area contributed by atoms with Crippen LogP contribution in [0.3, 0.4) is 0 Å². The number of sulfonamides is 1. The number of aromatic nitrogens is 1. The van der Waals surface area contributed by atoms with Gasteiger partial charge < -0.3 is 5.32 Å². The summed E-state index contributed by atoms with van der Waals surface area (Å²) in [6.45, 7) is 2.61. The number of anilines is 1. The molecular formula is C16H21N3O3S3. The van der Waals surface area contributed by atoms with Crippen molar-refractivity contribution >= 4 is 43.7 Å². The molecule has 1 aliphatic heterocycles. The minimum Gasteiger partial charge on any atom is -0.302 e. The van der Waals surface area contributed by atoms with Crippen molar-refractivity contribution in [1.29, 1.82) is 0 Å². The number of nitrogens with one attached hydrogen (secondary N) is 1. The van der Waals surface area contributed by atoms with E-state index in [-0.39, 0.29) is 24.1 Å². The Kier molecular flexibility index (Phi) is 5.88. The average molecular weight is 400 g/mol. The normalized spacial score (nSPS) is 19.0. The van der Waals surface area contributed by atoms with Crippen LogP contribution in [-0.4, -0.2) is 42.5 Å². The predicted octanol–water partition coefficient (Wildman–Crippen LogP) is 3.26. The topological polar surface area (TPSA) is 79.4 Å². The first-order chi connectivity index (χ1) is 12.0. The highest BCUT2D eigenvalue weighted by Crippen LogP contribution is 2.29. The molecule has 0 aromatic carbocycles. The molecule has 0 bridgehead atoms. The van der Waals surface area contributed by atoms with E-state index in [0.29, 0.717) is 30.9 Å². The second kappa shape index (κ2) is 7.94. The van der Waals surface area contributed by atoms with Crippen LogP contribution in [0.25, 0.3) is 10.6 Å². The fourth-order valence-electron chi connectivity index (χ4n) is 2.87. The van der Waals surface area contributed by atoms with E-state index in [2.05, 4.69) is 10.3 Å². The number of thiazole rings is 1. The average Bonchev–Trinajstić information content (AvgIpc) is 3.26. The van der Waals surface area contributed by atoms with E-state index in [1.165, 1.54) is 15.6 Å². The Balaban J connectivity index is 1.63. The third-order valence-electron chi connectivity index (χ3n) is 4.12. The lowest BCUT2D eigenvalue weighted by molar-refractivity contribution is -0.120. The number of amides is 1. The van der Waals surface area contributed by atoms with Crippen molar-refractivity contribution in [2.24, 2.45) is 5.92 Å². The van der Waals surface area contributed by atoms with Crippen LogP contribution in [0.4, 0.5) is 5.13 Å². The maximum atomic E-state index is 12.5. The summed E-state index contributed by atoms with van der Waals surface area (Å²) in [5, 5.41) is 7.31. The van der Waals surface area contributed by atoms with Gasteiger partial charge in [0.2, 0.25) is 15.9 Å². The van der Waals surface area contributed by atoms with Gasteiger partial charge >= 0.3 is 0 Å². The van der Waals surface area contributed by atoms with Crippen molar-refractivity contribution in [1.82, 2.24) is 9.29 Å². The highest BCUT2D eigenvalue weighted by molar-refractivity contribution is 7.89. The second-order valence-electron chi connectivity index (χ2n) is 6.02. The van der Waals surface area contributed by atoms with E-state index >= 15 is 0 Å². The zero-order chi connectivity index (χ0) is 17.9. The number of piperidine rings is 1.